The largest absolute Gasteiger partial charge is 0.493 e. The van der Waals surface area contributed by atoms with Crippen molar-refractivity contribution in [1.29, 1.82) is 0 Å². The van der Waals surface area contributed by atoms with Crippen LogP contribution in [-0.2, 0) is 12.8 Å². The van der Waals surface area contributed by atoms with Crippen LogP contribution in [0.3, 0.4) is 0 Å². The van der Waals surface area contributed by atoms with Crippen LogP contribution in [0.25, 0.3) is 0 Å². The molecule has 1 aliphatic heterocycles. The van der Waals surface area contributed by atoms with Crippen LogP contribution in [0.5, 0.6) is 5.75 Å². The Morgan fingerprint density at radius 2 is 1.90 bits per heavy atom. The zero-order valence-corrected chi connectivity index (χ0v) is 11.7. The average Bonchev–Trinajstić information content (AvgIpc) is 2.96. The van der Waals surface area contributed by atoms with Gasteiger partial charge in [0.05, 0.1) is 6.61 Å². The predicted octanol–water partition coefficient (Wildman–Crippen LogP) is 3.64. The van der Waals surface area contributed by atoms with E-state index in [9.17, 15) is 0 Å². The molecule has 20 heavy (non-hydrogen) atoms. The van der Waals surface area contributed by atoms with E-state index in [1.165, 1.54) is 16.7 Å². The molecule has 2 aromatic carbocycles. The smallest absolute Gasteiger partial charge is 0.127 e. The normalized spacial score (nSPS) is 14.7. The lowest BCUT2D eigenvalue weighted by atomic mass is 9.97. The van der Waals surface area contributed by atoms with Crippen molar-refractivity contribution in [1.82, 2.24) is 0 Å². The molecule has 3 rings (SSSR count). The van der Waals surface area contributed by atoms with Crippen LogP contribution in [0.1, 0.15) is 35.6 Å². The molecule has 0 radical (unpaired) electrons. The third-order valence-electron chi connectivity index (χ3n) is 3.97. The molecule has 104 valence electrons. The van der Waals surface area contributed by atoms with E-state index in [0.29, 0.717) is 0 Å². The fraction of sp³-hybridized carbons (Fsp3) is 0.333. The topological polar surface area (TPSA) is 35.2 Å². The molecule has 1 aliphatic rings. The first-order valence-corrected chi connectivity index (χ1v) is 7.38. The van der Waals surface area contributed by atoms with Gasteiger partial charge in [-0.3, -0.25) is 0 Å². The van der Waals surface area contributed by atoms with Crippen molar-refractivity contribution < 1.29 is 4.74 Å². The van der Waals surface area contributed by atoms with Crippen LogP contribution in [0, 0.1) is 0 Å². The van der Waals surface area contributed by atoms with Crippen molar-refractivity contribution in [3.8, 4) is 5.75 Å². The number of nitrogens with two attached hydrogens (primary N) is 1. The second kappa shape index (κ2) is 6.10. The fourth-order valence-electron chi connectivity index (χ4n) is 2.86. The Kier molecular flexibility index (Phi) is 4.03. The summed E-state index contributed by atoms with van der Waals surface area (Å²) in [6.07, 6.45) is 4.20. The molecule has 0 amide bonds. The minimum Gasteiger partial charge on any atom is -0.493 e. The lowest BCUT2D eigenvalue weighted by Gasteiger charge is -2.15. The van der Waals surface area contributed by atoms with Crippen molar-refractivity contribution >= 4 is 0 Å². The molecule has 0 saturated heterocycles. The number of para-hydroxylation sites is 1. The van der Waals surface area contributed by atoms with Gasteiger partial charge in [0, 0.05) is 18.0 Å². The van der Waals surface area contributed by atoms with E-state index >= 15 is 0 Å². The predicted molar refractivity (Wildman–Crippen MR) is 81.9 cm³/mol. The molecule has 2 heteroatoms. The summed E-state index contributed by atoms with van der Waals surface area (Å²) in [4.78, 5) is 0. The third-order valence-corrected chi connectivity index (χ3v) is 3.97. The Labute approximate surface area is 120 Å². The second-order valence-corrected chi connectivity index (χ2v) is 5.42. The maximum absolute atomic E-state index is 6.35. The summed E-state index contributed by atoms with van der Waals surface area (Å²) < 4.78 is 5.74. The molecule has 0 fully saturated rings. The van der Waals surface area contributed by atoms with E-state index in [0.717, 1.165) is 38.0 Å². The number of fused-ring (bicyclic) bond motifs is 1. The van der Waals surface area contributed by atoms with Gasteiger partial charge in [0.2, 0.25) is 0 Å². The number of rotatable bonds is 5. The Hall–Kier alpha value is -1.80. The lowest BCUT2D eigenvalue weighted by Crippen LogP contribution is -2.11. The van der Waals surface area contributed by atoms with Gasteiger partial charge in [-0.1, -0.05) is 48.5 Å². The van der Waals surface area contributed by atoms with E-state index in [1.54, 1.807) is 0 Å². The molecule has 2 nitrogen and oxygen atoms in total. The van der Waals surface area contributed by atoms with Gasteiger partial charge in [0.25, 0.3) is 0 Å². The summed E-state index contributed by atoms with van der Waals surface area (Å²) in [6, 6.07) is 17.0. The van der Waals surface area contributed by atoms with Crippen molar-refractivity contribution in [2.24, 2.45) is 5.73 Å². The van der Waals surface area contributed by atoms with Crippen LogP contribution < -0.4 is 10.5 Å². The second-order valence-electron chi connectivity index (χ2n) is 5.42. The monoisotopic (exact) mass is 267 g/mol. The summed E-state index contributed by atoms with van der Waals surface area (Å²) in [7, 11) is 0. The highest BCUT2D eigenvalue weighted by Crippen LogP contribution is 2.34. The highest BCUT2D eigenvalue weighted by Gasteiger charge is 2.19. The highest BCUT2D eigenvalue weighted by atomic mass is 16.5. The maximum atomic E-state index is 6.35. The zero-order chi connectivity index (χ0) is 13.8. The molecule has 1 atom stereocenters. The van der Waals surface area contributed by atoms with Crippen molar-refractivity contribution in [2.45, 2.75) is 31.7 Å². The van der Waals surface area contributed by atoms with E-state index in [1.807, 2.05) is 0 Å². The van der Waals surface area contributed by atoms with Gasteiger partial charge in [-0.15, -0.1) is 0 Å². The first-order valence-electron chi connectivity index (χ1n) is 7.38. The number of hydrogen-bond acceptors (Lipinski definition) is 2. The minimum absolute atomic E-state index is 0.0757. The Bertz CT molecular complexity index is 565. The zero-order valence-electron chi connectivity index (χ0n) is 11.7. The quantitative estimate of drug-likeness (QED) is 0.897. The molecule has 0 aliphatic carbocycles. The molecule has 0 aromatic heterocycles. The molecule has 2 aromatic rings. The molecule has 0 spiro atoms. The summed E-state index contributed by atoms with van der Waals surface area (Å²) >= 11 is 0. The maximum Gasteiger partial charge on any atom is 0.127 e. The third kappa shape index (κ3) is 2.86. The van der Waals surface area contributed by atoms with Crippen LogP contribution in [0.2, 0.25) is 0 Å². The molecule has 1 unspecified atom stereocenters. The van der Waals surface area contributed by atoms with E-state index in [4.69, 9.17) is 10.5 Å². The summed E-state index contributed by atoms with van der Waals surface area (Å²) in [5.41, 5.74) is 10.2. The standard InChI is InChI=1S/C18H21NO/c19-17(11-4-8-14-6-2-1-3-7-14)16-10-5-9-15-12-13-20-18(15)16/h1-3,5-7,9-10,17H,4,8,11-13,19H2. The van der Waals surface area contributed by atoms with Crippen LogP contribution in [0.15, 0.2) is 48.5 Å². The van der Waals surface area contributed by atoms with Crippen LogP contribution in [-0.4, -0.2) is 6.61 Å². The molecule has 0 saturated carbocycles. The minimum atomic E-state index is 0.0757. The Balaban J connectivity index is 1.60. The van der Waals surface area contributed by atoms with E-state index in [-0.39, 0.29) is 6.04 Å². The molecular formula is C18H21NO. The van der Waals surface area contributed by atoms with Gasteiger partial charge in [-0.25, -0.2) is 0 Å². The van der Waals surface area contributed by atoms with Gasteiger partial charge in [0.15, 0.2) is 0 Å². The first kappa shape index (κ1) is 13.2. The van der Waals surface area contributed by atoms with Crippen molar-refractivity contribution in [3.63, 3.8) is 0 Å². The molecular weight excluding hydrogens is 246 g/mol. The van der Waals surface area contributed by atoms with Gasteiger partial charge >= 0.3 is 0 Å². The summed E-state index contributed by atoms with van der Waals surface area (Å²) in [6.45, 7) is 0.795. The van der Waals surface area contributed by atoms with E-state index < -0.39 is 0 Å². The van der Waals surface area contributed by atoms with Gasteiger partial charge in [-0.05, 0) is 30.4 Å². The number of hydrogen-bond donors (Lipinski definition) is 1. The fourth-order valence-corrected chi connectivity index (χ4v) is 2.86. The Morgan fingerprint density at radius 3 is 2.75 bits per heavy atom. The summed E-state index contributed by atoms with van der Waals surface area (Å²) in [5, 5.41) is 0. The first-order chi connectivity index (χ1) is 9.84. The van der Waals surface area contributed by atoms with Crippen LogP contribution in [0.4, 0.5) is 0 Å². The molecule has 1 heterocycles. The van der Waals surface area contributed by atoms with Crippen LogP contribution >= 0.6 is 0 Å². The number of aryl methyl sites for hydroxylation is 1. The average molecular weight is 267 g/mol. The Morgan fingerprint density at radius 1 is 1.05 bits per heavy atom. The summed E-state index contributed by atoms with van der Waals surface area (Å²) in [5.74, 6) is 1.04. The van der Waals surface area contributed by atoms with E-state index in [2.05, 4.69) is 48.5 Å². The van der Waals surface area contributed by atoms with Gasteiger partial charge < -0.3 is 10.5 Å². The SMILES string of the molecule is NC(CCCc1ccccc1)c1cccc2c1OCC2. The van der Waals surface area contributed by atoms with Gasteiger partial charge in [-0.2, -0.15) is 0 Å². The van der Waals surface area contributed by atoms with Gasteiger partial charge in [0.1, 0.15) is 5.75 Å². The number of benzene rings is 2. The highest BCUT2D eigenvalue weighted by molar-refractivity contribution is 5.45. The number of ether oxygens (including phenoxy) is 1. The molecule has 2 N–H and O–H groups in total. The molecule has 0 bridgehead atoms. The van der Waals surface area contributed by atoms with Crippen molar-refractivity contribution in [2.75, 3.05) is 6.61 Å². The van der Waals surface area contributed by atoms with Crippen molar-refractivity contribution in [3.05, 3.63) is 65.2 Å². The lowest BCUT2D eigenvalue weighted by molar-refractivity contribution is 0.350.